The fourth-order valence-corrected chi connectivity index (χ4v) is 3.59. The first kappa shape index (κ1) is 11.0. The number of aliphatic hydroxyl groups is 1. The molecule has 0 radical (unpaired) electrons. The number of fused-ring (bicyclic) bond motifs is 2. The Morgan fingerprint density at radius 3 is 2.76 bits per heavy atom. The van der Waals surface area contributed by atoms with Crippen LogP contribution in [0.5, 0.6) is 0 Å². The summed E-state index contributed by atoms with van der Waals surface area (Å²) >= 11 is 0. The zero-order valence-corrected chi connectivity index (χ0v) is 10.1. The normalized spacial score (nSPS) is 31.4. The molecule has 1 saturated carbocycles. The van der Waals surface area contributed by atoms with Crippen molar-refractivity contribution in [2.24, 2.45) is 0 Å². The highest BCUT2D eigenvalue weighted by Gasteiger charge is 2.48. The molecule has 17 heavy (non-hydrogen) atoms. The average molecular weight is 238 g/mol. The van der Waals surface area contributed by atoms with Gasteiger partial charge in [-0.05, 0) is 26.2 Å². The second-order valence-corrected chi connectivity index (χ2v) is 5.84. The molecule has 5 heteroatoms. The lowest BCUT2D eigenvalue weighted by Crippen LogP contribution is -2.48. The van der Waals surface area contributed by atoms with Crippen LogP contribution in [-0.2, 0) is 12.0 Å². The molecule has 1 aromatic rings. The lowest BCUT2D eigenvalue weighted by atomic mass is 9.66. The summed E-state index contributed by atoms with van der Waals surface area (Å²) in [7, 11) is 0. The smallest absolute Gasteiger partial charge is 0.388 e. The van der Waals surface area contributed by atoms with Crippen molar-refractivity contribution in [2.45, 2.75) is 63.0 Å². The Hall–Kier alpha value is -1.10. The molecule has 94 valence electrons. The van der Waals surface area contributed by atoms with Crippen LogP contribution in [0.1, 0.15) is 51.3 Å². The molecule has 1 atom stereocenters. The van der Waals surface area contributed by atoms with Crippen LogP contribution >= 0.6 is 0 Å². The molecule has 0 aromatic carbocycles. The zero-order valence-electron chi connectivity index (χ0n) is 10.1. The van der Waals surface area contributed by atoms with Gasteiger partial charge in [0.15, 0.2) is 5.82 Å². The predicted octanol–water partition coefficient (Wildman–Crippen LogP) is 1.19. The zero-order chi connectivity index (χ0) is 12.1. The fraction of sp³-hybridized carbons (Fsp3) is 0.833. The van der Waals surface area contributed by atoms with E-state index in [0.717, 1.165) is 31.5 Å². The highest BCUT2D eigenvalue weighted by atomic mass is 16.5. The lowest BCUT2D eigenvalue weighted by Gasteiger charge is -2.44. The van der Waals surface area contributed by atoms with Gasteiger partial charge < -0.3 is 9.63 Å². The monoisotopic (exact) mass is 238 g/mol. The quantitative estimate of drug-likeness (QED) is 0.737. The van der Waals surface area contributed by atoms with Gasteiger partial charge in [-0.25, -0.2) is 4.79 Å². The van der Waals surface area contributed by atoms with E-state index in [1.165, 1.54) is 11.2 Å². The molecule has 1 aliphatic carbocycles. The van der Waals surface area contributed by atoms with Crippen LogP contribution in [0.2, 0.25) is 0 Å². The summed E-state index contributed by atoms with van der Waals surface area (Å²) < 4.78 is 6.57. The van der Waals surface area contributed by atoms with Crippen molar-refractivity contribution < 1.29 is 9.63 Å². The largest absolute Gasteiger partial charge is 0.459 e. The van der Waals surface area contributed by atoms with Gasteiger partial charge in [-0.1, -0.05) is 19.3 Å². The third-order valence-electron chi connectivity index (χ3n) is 4.11. The molecular formula is C12H18N2O3. The van der Waals surface area contributed by atoms with Crippen molar-refractivity contribution in [3.05, 3.63) is 16.4 Å². The summed E-state index contributed by atoms with van der Waals surface area (Å²) in [5.41, 5.74) is -0.951. The molecule has 1 aliphatic heterocycles. The van der Waals surface area contributed by atoms with Gasteiger partial charge in [0, 0.05) is 5.41 Å². The number of aromatic nitrogens is 2. The minimum atomic E-state index is -0.805. The number of rotatable bonds is 0. The van der Waals surface area contributed by atoms with E-state index in [-0.39, 0.29) is 5.41 Å². The van der Waals surface area contributed by atoms with Crippen LogP contribution in [0.15, 0.2) is 9.32 Å². The highest BCUT2D eigenvalue weighted by molar-refractivity contribution is 5.14. The molecule has 1 fully saturated rings. The first-order chi connectivity index (χ1) is 8.01. The van der Waals surface area contributed by atoms with Crippen LogP contribution < -0.4 is 5.76 Å². The maximum Gasteiger partial charge on any atom is 0.459 e. The van der Waals surface area contributed by atoms with Gasteiger partial charge in [-0.15, -0.1) is 0 Å². The summed E-state index contributed by atoms with van der Waals surface area (Å²) in [6, 6.07) is 0. The number of hydrogen-bond donors (Lipinski definition) is 1. The Bertz CT molecular complexity index is 480. The molecule has 1 aromatic heterocycles. The summed E-state index contributed by atoms with van der Waals surface area (Å²) in [5.74, 6) is 0.219. The minimum Gasteiger partial charge on any atom is -0.388 e. The minimum absolute atomic E-state index is 0.147. The van der Waals surface area contributed by atoms with Crippen LogP contribution in [0.4, 0.5) is 0 Å². The molecule has 0 bridgehead atoms. The summed E-state index contributed by atoms with van der Waals surface area (Å²) in [4.78, 5) is 15.3. The maximum atomic E-state index is 11.3. The third-order valence-corrected chi connectivity index (χ3v) is 4.11. The third kappa shape index (κ3) is 1.73. The van der Waals surface area contributed by atoms with Crippen molar-refractivity contribution in [1.82, 2.24) is 9.72 Å². The SMILES string of the molecule is CC1(O)Cn2oc(=O)nc2C2(CCCCC2)C1. The van der Waals surface area contributed by atoms with E-state index in [4.69, 9.17) is 4.52 Å². The molecule has 2 heterocycles. The van der Waals surface area contributed by atoms with Crippen LogP contribution in [0, 0.1) is 0 Å². The average Bonchev–Trinajstić information content (AvgIpc) is 2.59. The van der Waals surface area contributed by atoms with Crippen molar-refractivity contribution in [3.8, 4) is 0 Å². The molecule has 2 aliphatic rings. The van der Waals surface area contributed by atoms with E-state index in [2.05, 4.69) is 4.98 Å². The summed E-state index contributed by atoms with van der Waals surface area (Å²) in [6.45, 7) is 2.14. The number of nitrogens with zero attached hydrogens (tertiary/aromatic N) is 2. The van der Waals surface area contributed by atoms with Gasteiger partial charge in [-0.3, -0.25) is 0 Å². The maximum absolute atomic E-state index is 11.3. The van der Waals surface area contributed by atoms with Gasteiger partial charge in [0.05, 0.1) is 12.1 Å². The van der Waals surface area contributed by atoms with E-state index in [1.54, 1.807) is 0 Å². The molecule has 5 nitrogen and oxygen atoms in total. The molecule has 1 unspecified atom stereocenters. The topological polar surface area (TPSA) is 68.3 Å². The van der Waals surface area contributed by atoms with Gasteiger partial charge in [0.1, 0.15) is 0 Å². The highest BCUT2D eigenvalue weighted by Crippen LogP contribution is 2.46. The lowest BCUT2D eigenvalue weighted by molar-refractivity contribution is -0.0443. The van der Waals surface area contributed by atoms with Crippen LogP contribution in [-0.4, -0.2) is 20.4 Å². The first-order valence-electron chi connectivity index (χ1n) is 6.32. The van der Waals surface area contributed by atoms with Gasteiger partial charge >= 0.3 is 5.76 Å². The molecule has 1 spiro atoms. The molecule has 1 N–H and O–H groups in total. The van der Waals surface area contributed by atoms with Crippen molar-refractivity contribution in [2.75, 3.05) is 0 Å². The molecular weight excluding hydrogens is 220 g/mol. The Kier molecular flexibility index (Phi) is 2.23. The van der Waals surface area contributed by atoms with Crippen LogP contribution in [0.3, 0.4) is 0 Å². The van der Waals surface area contributed by atoms with E-state index in [0.29, 0.717) is 13.0 Å². The standard InChI is InChI=1S/C12H18N2O3/c1-11(16)7-12(5-3-2-4-6-12)9-13-10(15)17-14(9)8-11/h16H,2-8H2,1H3. The second-order valence-electron chi connectivity index (χ2n) is 5.84. The van der Waals surface area contributed by atoms with Gasteiger partial charge in [0.2, 0.25) is 0 Å². The molecule has 0 saturated heterocycles. The predicted molar refractivity (Wildman–Crippen MR) is 60.8 cm³/mol. The Labute approximate surface area is 99.4 Å². The summed E-state index contributed by atoms with van der Waals surface area (Å²) in [5, 5.41) is 10.3. The van der Waals surface area contributed by atoms with Crippen molar-refractivity contribution in [1.29, 1.82) is 0 Å². The van der Waals surface area contributed by atoms with Crippen molar-refractivity contribution >= 4 is 0 Å². The van der Waals surface area contributed by atoms with Crippen LogP contribution in [0.25, 0.3) is 0 Å². The molecule has 0 amide bonds. The van der Waals surface area contributed by atoms with E-state index < -0.39 is 11.4 Å². The Balaban J connectivity index is 2.11. The second kappa shape index (κ2) is 3.45. The van der Waals surface area contributed by atoms with Gasteiger partial charge in [-0.2, -0.15) is 9.72 Å². The van der Waals surface area contributed by atoms with Gasteiger partial charge in [0.25, 0.3) is 0 Å². The summed E-state index contributed by atoms with van der Waals surface area (Å²) in [6.07, 6.45) is 6.18. The Morgan fingerprint density at radius 2 is 2.06 bits per heavy atom. The van der Waals surface area contributed by atoms with E-state index in [9.17, 15) is 9.90 Å². The fourth-order valence-electron chi connectivity index (χ4n) is 3.59. The number of hydrogen-bond acceptors (Lipinski definition) is 4. The first-order valence-corrected chi connectivity index (χ1v) is 6.32. The molecule has 3 rings (SSSR count). The Morgan fingerprint density at radius 1 is 1.35 bits per heavy atom. The van der Waals surface area contributed by atoms with E-state index in [1.807, 2.05) is 6.92 Å². The van der Waals surface area contributed by atoms with E-state index >= 15 is 0 Å². The van der Waals surface area contributed by atoms with Crippen molar-refractivity contribution in [3.63, 3.8) is 0 Å².